The van der Waals surface area contributed by atoms with E-state index in [2.05, 4.69) is 0 Å². The molecule has 2 aliphatic rings. The zero-order valence-corrected chi connectivity index (χ0v) is 13.0. The zero-order valence-electron chi connectivity index (χ0n) is 12.2. The van der Waals surface area contributed by atoms with Crippen LogP contribution in [-0.2, 0) is 14.6 Å². The molecule has 1 N–H and O–H groups in total. The number of hydrogen-bond acceptors (Lipinski definition) is 5. The van der Waals surface area contributed by atoms with Crippen molar-refractivity contribution in [2.24, 2.45) is 5.92 Å². The second kappa shape index (κ2) is 5.99. The second-order valence-corrected chi connectivity index (χ2v) is 8.48. The van der Waals surface area contributed by atoms with Crippen molar-refractivity contribution in [3.05, 3.63) is 0 Å². The molecule has 0 spiro atoms. The van der Waals surface area contributed by atoms with Crippen LogP contribution in [0.1, 0.15) is 19.3 Å². The van der Waals surface area contributed by atoms with Crippen molar-refractivity contribution < 1.29 is 18.3 Å². The minimum Gasteiger partial charge on any atom is -0.393 e. The van der Waals surface area contributed by atoms with Crippen LogP contribution in [0.25, 0.3) is 0 Å². The first-order valence-electron chi connectivity index (χ1n) is 7.09. The summed E-state index contributed by atoms with van der Waals surface area (Å²) < 4.78 is 22.9. The summed E-state index contributed by atoms with van der Waals surface area (Å²) in [6.07, 6.45) is 2.00. The van der Waals surface area contributed by atoms with Crippen molar-refractivity contribution in [3.8, 4) is 0 Å². The van der Waals surface area contributed by atoms with E-state index in [0.29, 0.717) is 18.9 Å². The van der Waals surface area contributed by atoms with Crippen LogP contribution in [0, 0.1) is 5.92 Å². The number of amides is 1. The number of carbonyl (C=O) groups excluding carboxylic acids is 1. The second-order valence-electron chi connectivity index (χ2n) is 6.25. The molecule has 7 heteroatoms. The Morgan fingerprint density at radius 1 is 1.30 bits per heavy atom. The van der Waals surface area contributed by atoms with Crippen molar-refractivity contribution in [1.82, 2.24) is 9.80 Å². The van der Waals surface area contributed by atoms with Gasteiger partial charge in [0, 0.05) is 19.6 Å². The Labute approximate surface area is 120 Å². The van der Waals surface area contributed by atoms with E-state index in [1.165, 1.54) is 0 Å². The highest BCUT2D eigenvalue weighted by Gasteiger charge is 2.33. The fourth-order valence-electron chi connectivity index (χ4n) is 2.98. The van der Waals surface area contributed by atoms with E-state index in [9.17, 15) is 18.3 Å². The molecule has 6 nitrogen and oxygen atoms in total. The number of aliphatic hydroxyl groups excluding tert-OH is 1. The van der Waals surface area contributed by atoms with Crippen LogP contribution in [0.15, 0.2) is 0 Å². The molecule has 0 bridgehead atoms. The largest absolute Gasteiger partial charge is 0.393 e. The molecule has 0 aromatic heterocycles. The Morgan fingerprint density at radius 2 is 1.95 bits per heavy atom. The molecule has 1 unspecified atom stereocenters. The van der Waals surface area contributed by atoms with Gasteiger partial charge >= 0.3 is 0 Å². The van der Waals surface area contributed by atoms with Gasteiger partial charge < -0.3 is 10.0 Å². The van der Waals surface area contributed by atoms with E-state index in [1.54, 1.807) is 11.9 Å². The molecule has 1 aliphatic carbocycles. The highest BCUT2D eigenvalue weighted by Crippen LogP contribution is 2.27. The van der Waals surface area contributed by atoms with E-state index in [-0.39, 0.29) is 29.6 Å². The first kappa shape index (κ1) is 15.7. The van der Waals surface area contributed by atoms with Crippen LogP contribution in [0.3, 0.4) is 0 Å². The topological polar surface area (TPSA) is 77.9 Å². The molecule has 1 aliphatic heterocycles. The SMILES string of the molecule is CN(CC(=O)N(C)C1CCS(=O)(=O)C1)CC1CC(O)C1. The summed E-state index contributed by atoms with van der Waals surface area (Å²) in [4.78, 5) is 15.7. The van der Waals surface area contributed by atoms with Gasteiger partial charge in [-0.2, -0.15) is 0 Å². The molecule has 0 aromatic carbocycles. The number of nitrogens with zero attached hydrogens (tertiary/aromatic N) is 2. The third-order valence-corrected chi connectivity index (χ3v) is 6.09. The maximum absolute atomic E-state index is 12.1. The zero-order chi connectivity index (χ0) is 14.9. The van der Waals surface area contributed by atoms with Gasteiger partial charge in [-0.05, 0) is 32.2 Å². The number of carbonyl (C=O) groups is 1. The lowest BCUT2D eigenvalue weighted by atomic mass is 9.82. The first-order chi connectivity index (χ1) is 9.27. The molecule has 2 rings (SSSR count). The van der Waals surface area contributed by atoms with E-state index in [4.69, 9.17) is 0 Å². The highest BCUT2D eigenvalue weighted by atomic mass is 32.2. The predicted molar refractivity (Wildman–Crippen MR) is 76.1 cm³/mol. The predicted octanol–water partition coefficient (Wildman–Crippen LogP) is -0.665. The van der Waals surface area contributed by atoms with Crippen LogP contribution >= 0.6 is 0 Å². The van der Waals surface area contributed by atoms with Gasteiger partial charge in [0.2, 0.25) is 5.91 Å². The summed E-state index contributed by atoms with van der Waals surface area (Å²) in [7, 11) is 0.622. The third-order valence-electron chi connectivity index (χ3n) is 4.34. The molecule has 1 heterocycles. The summed E-state index contributed by atoms with van der Waals surface area (Å²) >= 11 is 0. The van der Waals surface area contributed by atoms with E-state index in [1.807, 2.05) is 11.9 Å². The van der Waals surface area contributed by atoms with Crippen molar-refractivity contribution in [3.63, 3.8) is 0 Å². The Bertz CT molecular complexity index is 459. The number of rotatable bonds is 5. The Morgan fingerprint density at radius 3 is 2.45 bits per heavy atom. The molecule has 0 aromatic rings. The van der Waals surface area contributed by atoms with Crippen LogP contribution in [0.4, 0.5) is 0 Å². The van der Waals surface area contributed by atoms with Gasteiger partial charge in [-0.15, -0.1) is 0 Å². The summed E-state index contributed by atoms with van der Waals surface area (Å²) in [5.41, 5.74) is 0. The molecule has 1 saturated heterocycles. The fourth-order valence-corrected chi connectivity index (χ4v) is 4.76. The van der Waals surface area contributed by atoms with Crippen molar-refractivity contribution in [2.45, 2.75) is 31.4 Å². The summed E-state index contributed by atoms with van der Waals surface area (Å²) in [6.45, 7) is 1.11. The smallest absolute Gasteiger partial charge is 0.236 e. The quantitative estimate of drug-likeness (QED) is 0.729. The fraction of sp³-hybridized carbons (Fsp3) is 0.923. The lowest BCUT2D eigenvalue weighted by Crippen LogP contribution is -2.45. The maximum Gasteiger partial charge on any atom is 0.236 e. The van der Waals surface area contributed by atoms with Gasteiger partial charge in [0.1, 0.15) is 0 Å². The Balaban J connectivity index is 1.76. The molecule has 0 radical (unpaired) electrons. The van der Waals surface area contributed by atoms with E-state index < -0.39 is 9.84 Å². The molecular weight excluding hydrogens is 280 g/mol. The molecule has 1 amide bonds. The molecule has 1 atom stereocenters. The van der Waals surface area contributed by atoms with Crippen molar-refractivity contribution >= 4 is 15.7 Å². The average molecular weight is 304 g/mol. The van der Waals surface area contributed by atoms with Crippen LogP contribution in [0.2, 0.25) is 0 Å². The van der Waals surface area contributed by atoms with Gasteiger partial charge in [0.05, 0.1) is 24.2 Å². The van der Waals surface area contributed by atoms with E-state index in [0.717, 1.165) is 19.4 Å². The molecular formula is C13H24N2O4S. The number of aliphatic hydroxyl groups is 1. The third kappa shape index (κ3) is 3.93. The standard InChI is InChI=1S/C13H24N2O4S/c1-14(7-10-5-12(16)6-10)8-13(17)15(2)11-3-4-20(18,19)9-11/h10-12,16H,3-9H2,1-2H3. The minimum absolute atomic E-state index is 0.0329. The highest BCUT2D eigenvalue weighted by molar-refractivity contribution is 7.91. The first-order valence-corrected chi connectivity index (χ1v) is 8.91. The Hall–Kier alpha value is -0.660. The normalized spacial score (nSPS) is 32.1. The van der Waals surface area contributed by atoms with Crippen molar-refractivity contribution in [1.29, 1.82) is 0 Å². The molecule has 116 valence electrons. The summed E-state index contributed by atoms with van der Waals surface area (Å²) in [5.74, 6) is 0.716. The molecule has 2 fully saturated rings. The lowest BCUT2D eigenvalue weighted by molar-refractivity contribution is -0.132. The minimum atomic E-state index is -2.96. The number of hydrogen-bond donors (Lipinski definition) is 1. The van der Waals surface area contributed by atoms with Gasteiger partial charge in [-0.1, -0.05) is 0 Å². The maximum atomic E-state index is 12.1. The van der Waals surface area contributed by atoms with Crippen molar-refractivity contribution in [2.75, 3.05) is 38.7 Å². The van der Waals surface area contributed by atoms with E-state index >= 15 is 0 Å². The Kier molecular flexibility index (Phi) is 4.71. The van der Waals surface area contributed by atoms with Gasteiger partial charge in [0.15, 0.2) is 9.84 Å². The average Bonchev–Trinajstić information content (AvgIpc) is 2.66. The monoisotopic (exact) mass is 304 g/mol. The summed E-state index contributed by atoms with van der Waals surface area (Å²) in [6, 6.07) is -0.175. The number of likely N-dealkylation sites (N-methyl/N-ethyl adjacent to an activating group) is 2. The van der Waals surface area contributed by atoms with Gasteiger partial charge in [-0.25, -0.2) is 8.42 Å². The summed E-state index contributed by atoms with van der Waals surface area (Å²) in [5, 5.41) is 9.24. The van der Waals surface area contributed by atoms with Crippen LogP contribution in [-0.4, -0.2) is 80.1 Å². The van der Waals surface area contributed by atoms with Crippen LogP contribution < -0.4 is 0 Å². The van der Waals surface area contributed by atoms with Gasteiger partial charge in [-0.3, -0.25) is 9.69 Å². The number of sulfone groups is 1. The molecule has 1 saturated carbocycles. The van der Waals surface area contributed by atoms with Crippen LogP contribution in [0.5, 0.6) is 0 Å². The lowest BCUT2D eigenvalue weighted by Gasteiger charge is -2.35. The van der Waals surface area contributed by atoms with Gasteiger partial charge in [0.25, 0.3) is 0 Å². The molecule has 20 heavy (non-hydrogen) atoms.